The fourth-order valence-electron chi connectivity index (χ4n) is 1.85. The van der Waals surface area contributed by atoms with E-state index in [2.05, 4.69) is 5.32 Å². The molecule has 0 fully saturated rings. The smallest absolute Gasteiger partial charge is 0.303 e. The average molecular weight is 309 g/mol. The molecule has 0 saturated heterocycles. The molecule has 0 aliphatic carbocycles. The third-order valence-electron chi connectivity index (χ3n) is 2.98. The van der Waals surface area contributed by atoms with Crippen LogP contribution in [-0.4, -0.2) is 29.3 Å². The lowest BCUT2D eigenvalue weighted by Crippen LogP contribution is -2.24. The molecular weight excluding hydrogens is 286 g/mol. The van der Waals surface area contributed by atoms with Gasteiger partial charge in [-0.3, -0.25) is 9.59 Å². The first-order valence-electron chi connectivity index (χ1n) is 7.35. The van der Waals surface area contributed by atoms with Crippen LogP contribution in [0.4, 0.5) is 0 Å². The van der Waals surface area contributed by atoms with Crippen LogP contribution in [-0.2, 0) is 9.59 Å². The van der Waals surface area contributed by atoms with E-state index in [1.165, 1.54) is 4.90 Å². The van der Waals surface area contributed by atoms with Crippen LogP contribution in [0.5, 0.6) is 0 Å². The number of unbranched alkanes of at least 4 members (excludes halogenated alkanes) is 3. The lowest BCUT2D eigenvalue weighted by molar-refractivity contribution is -0.137. The Bertz CT molecular complexity index is 423. The van der Waals surface area contributed by atoms with Crippen LogP contribution in [0.1, 0.15) is 38.5 Å². The van der Waals surface area contributed by atoms with Gasteiger partial charge in [0.1, 0.15) is 0 Å². The molecule has 116 valence electrons. The van der Waals surface area contributed by atoms with Gasteiger partial charge in [-0.15, -0.1) is 11.8 Å². The van der Waals surface area contributed by atoms with E-state index < -0.39 is 5.97 Å². The van der Waals surface area contributed by atoms with Gasteiger partial charge in [0, 0.05) is 30.0 Å². The van der Waals surface area contributed by atoms with Crippen molar-refractivity contribution in [1.29, 1.82) is 0 Å². The second kappa shape index (κ2) is 11.2. The minimum atomic E-state index is -0.737. The summed E-state index contributed by atoms with van der Waals surface area (Å²) < 4.78 is 0. The standard InChI is InChI=1S/C16H23NO3S/c18-15(11-13-21-14-8-4-3-5-9-14)17-12-7-2-1-6-10-16(19)20/h3-5,8-9H,1-2,6-7,10-13H2,(H,17,18)(H,19,20). The second-order valence-corrected chi connectivity index (χ2v) is 5.99. The molecule has 0 unspecified atom stereocenters. The van der Waals surface area contributed by atoms with Crippen LogP contribution in [0, 0.1) is 0 Å². The number of carbonyl (C=O) groups excluding carboxylic acids is 1. The summed E-state index contributed by atoms with van der Waals surface area (Å²) in [7, 11) is 0. The van der Waals surface area contributed by atoms with Gasteiger partial charge in [-0.2, -0.15) is 0 Å². The number of hydrogen-bond acceptors (Lipinski definition) is 3. The van der Waals surface area contributed by atoms with Gasteiger partial charge in [-0.25, -0.2) is 0 Å². The van der Waals surface area contributed by atoms with Gasteiger partial charge in [0.05, 0.1) is 0 Å². The largest absolute Gasteiger partial charge is 0.481 e. The van der Waals surface area contributed by atoms with Gasteiger partial charge >= 0.3 is 5.97 Å². The maximum atomic E-state index is 11.6. The molecule has 2 N–H and O–H groups in total. The van der Waals surface area contributed by atoms with E-state index in [9.17, 15) is 9.59 Å². The molecule has 1 rings (SSSR count). The van der Waals surface area contributed by atoms with E-state index in [1.807, 2.05) is 30.3 Å². The highest BCUT2D eigenvalue weighted by Gasteiger charge is 2.01. The Balaban J connectivity index is 1.93. The number of aliphatic carboxylic acids is 1. The fraction of sp³-hybridized carbons (Fsp3) is 0.500. The monoisotopic (exact) mass is 309 g/mol. The van der Waals surface area contributed by atoms with Gasteiger partial charge in [-0.1, -0.05) is 31.0 Å². The van der Waals surface area contributed by atoms with Crippen LogP contribution in [0.15, 0.2) is 35.2 Å². The summed E-state index contributed by atoms with van der Waals surface area (Å²) in [5, 5.41) is 11.4. The lowest BCUT2D eigenvalue weighted by Gasteiger charge is -2.05. The van der Waals surface area contributed by atoms with Crippen LogP contribution >= 0.6 is 11.8 Å². The van der Waals surface area contributed by atoms with Crippen molar-refractivity contribution < 1.29 is 14.7 Å². The second-order valence-electron chi connectivity index (χ2n) is 4.82. The van der Waals surface area contributed by atoms with E-state index in [0.717, 1.165) is 31.4 Å². The van der Waals surface area contributed by atoms with Crippen LogP contribution < -0.4 is 5.32 Å². The molecular formula is C16H23NO3S. The maximum absolute atomic E-state index is 11.6. The molecule has 1 amide bonds. The number of rotatable bonds is 11. The van der Waals surface area contributed by atoms with Crippen LogP contribution in [0.3, 0.4) is 0 Å². The van der Waals surface area contributed by atoms with E-state index in [1.54, 1.807) is 11.8 Å². The fourth-order valence-corrected chi connectivity index (χ4v) is 2.72. The summed E-state index contributed by atoms with van der Waals surface area (Å²) in [4.78, 5) is 23.1. The summed E-state index contributed by atoms with van der Waals surface area (Å²) in [6, 6.07) is 10.0. The number of nitrogens with one attached hydrogen (secondary N) is 1. The average Bonchev–Trinajstić information content (AvgIpc) is 2.47. The zero-order valence-electron chi connectivity index (χ0n) is 12.2. The molecule has 1 aromatic rings. The Morgan fingerprint density at radius 1 is 1.00 bits per heavy atom. The normalized spacial score (nSPS) is 10.3. The van der Waals surface area contributed by atoms with Crippen molar-refractivity contribution in [2.45, 2.75) is 43.4 Å². The Morgan fingerprint density at radius 2 is 1.71 bits per heavy atom. The van der Waals surface area contributed by atoms with E-state index in [-0.39, 0.29) is 12.3 Å². The highest BCUT2D eigenvalue weighted by atomic mass is 32.2. The molecule has 0 heterocycles. The van der Waals surface area contributed by atoms with Gasteiger partial charge in [0.2, 0.25) is 5.91 Å². The highest BCUT2D eigenvalue weighted by Crippen LogP contribution is 2.17. The lowest BCUT2D eigenvalue weighted by atomic mass is 10.1. The summed E-state index contributed by atoms with van der Waals surface area (Å²) >= 11 is 1.69. The first kappa shape index (κ1) is 17.6. The number of hydrogen-bond donors (Lipinski definition) is 2. The molecule has 21 heavy (non-hydrogen) atoms. The summed E-state index contributed by atoms with van der Waals surface area (Å²) in [5.41, 5.74) is 0. The quantitative estimate of drug-likeness (QED) is 0.486. The topological polar surface area (TPSA) is 66.4 Å². The summed E-state index contributed by atoms with van der Waals surface area (Å²) in [5.74, 6) is 0.136. The highest BCUT2D eigenvalue weighted by molar-refractivity contribution is 7.99. The van der Waals surface area contributed by atoms with E-state index >= 15 is 0 Å². The molecule has 0 atom stereocenters. The zero-order chi connectivity index (χ0) is 15.3. The molecule has 0 bridgehead atoms. The SMILES string of the molecule is O=C(O)CCCCCCNC(=O)CCSc1ccccc1. The van der Waals surface area contributed by atoms with Crippen molar-refractivity contribution in [2.24, 2.45) is 0 Å². The number of benzene rings is 1. The first-order valence-corrected chi connectivity index (χ1v) is 8.33. The number of thioether (sulfide) groups is 1. The Morgan fingerprint density at radius 3 is 2.43 bits per heavy atom. The number of carboxylic acid groups (broad SMARTS) is 1. The van der Waals surface area contributed by atoms with E-state index in [0.29, 0.717) is 13.0 Å². The first-order chi connectivity index (χ1) is 10.2. The Hall–Kier alpha value is -1.49. The summed E-state index contributed by atoms with van der Waals surface area (Å²) in [6.07, 6.45) is 4.27. The molecule has 5 heteroatoms. The van der Waals surface area contributed by atoms with Gasteiger partial charge in [0.15, 0.2) is 0 Å². The zero-order valence-corrected chi connectivity index (χ0v) is 13.0. The molecule has 0 aliphatic rings. The predicted octanol–water partition coefficient (Wildman–Crippen LogP) is 3.32. The third-order valence-corrected chi connectivity index (χ3v) is 3.99. The van der Waals surface area contributed by atoms with Crippen LogP contribution in [0.25, 0.3) is 0 Å². The van der Waals surface area contributed by atoms with Crippen molar-refractivity contribution in [3.05, 3.63) is 30.3 Å². The summed E-state index contributed by atoms with van der Waals surface area (Å²) in [6.45, 7) is 0.682. The van der Waals surface area contributed by atoms with Crippen molar-refractivity contribution in [2.75, 3.05) is 12.3 Å². The molecule has 1 aromatic carbocycles. The van der Waals surface area contributed by atoms with Gasteiger partial charge < -0.3 is 10.4 Å². The number of carbonyl (C=O) groups is 2. The molecule has 4 nitrogen and oxygen atoms in total. The minimum Gasteiger partial charge on any atom is -0.481 e. The Labute approximate surface area is 130 Å². The van der Waals surface area contributed by atoms with Gasteiger partial charge in [0.25, 0.3) is 0 Å². The minimum absolute atomic E-state index is 0.0870. The molecule has 0 aliphatic heterocycles. The molecule has 0 radical (unpaired) electrons. The van der Waals surface area contributed by atoms with Crippen molar-refractivity contribution in [3.8, 4) is 0 Å². The number of carboxylic acids is 1. The third kappa shape index (κ3) is 9.96. The molecule has 0 aromatic heterocycles. The maximum Gasteiger partial charge on any atom is 0.303 e. The van der Waals surface area contributed by atoms with E-state index in [4.69, 9.17) is 5.11 Å². The number of amides is 1. The van der Waals surface area contributed by atoms with Gasteiger partial charge in [-0.05, 0) is 25.0 Å². The predicted molar refractivity (Wildman–Crippen MR) is 85.5 cm³/mol. The molecule has 0 spiro atoms. The van der Waals surface area contributed by atoms with Crippen molar-refractivity contribution in [1.82, 2.24) is 5.32 Å². The van der Waals surface area contributed by atoms with Crippen molar-refractivity contribution >= 4 is 23.6 Å². The van der Waals surface area contributed by atoms with Crippen LogP contribution in [0.2, 0.25) is 0 Å². The molecule has 0 saturated carbocycles. The Kier molecular flexibility index (Phi) is 9.37. The van der Waals surface area contributed by atoms with Crippen molar-refractivity contribution in [3.63, 3.8) is 0 Å².